The minimum absolute atomic E-state index is 0.108. The molecule has 14 nitrogen and oxygen atoms in total. The second-order valence-corrected chi connectivity index (χ2v) is 14.4. The summed E-state index contributed by atoms with van der Waals surface area (Å²) >= 11 is 1.07. The van der Waals surface area contributed by atoms with Crippen molar-refractivity contribution in [3.8, 4) is 22.0 Å². The van der Waals surface area contributed by atoms with Crippen molar-refractivity contribution in [3.05, 3.63) is 98.3 Å². The summed E-state index contributed by atoms with van der Waals surface area (Å²) in [4.78, 5) is 66.2. The van der Waals surface area contributed by atoms with Crippen LogP contribution in [0.5, 0.6) is 5.88 Å². The number of carbonyl (C=O) groups excluding carboxylic acids is 1. The molecule has 1 N–H and O–H groups in total. The van der Waals surface area contributed by atoms with E-state index in [1.54, 1.807) is 47.0 Å². The first kappa shape index (κ1) is 36.8. The van der Waals surface area contributed by atoms with Crippen LogP contribution in [0.4, 0.5) is 24.3 Å². The molecule has 0 aliphatic heterocycles. The van der Waals surface area contributed by atoms with E-state index in [9.17, 15) is 24.3 Å². The van der Waals surface area contributed by atoms with E-state index in [2.05, 4.69) is 9.97 Å². The molecule has 0 aliphatic rings. The normalized spacial score (nSPS) is 11.8. The fourth-order valence-electron chi connectivity index (χ4n) is 5.84. The van der Waals surface area contributed by atoms with Gasteiger partial charge in [0, 0.05) is 30.1 Å². The highest BCUT2D eigenvalue weighted by molar-refractivity contribution is 7.22. The van der Waals surface area contributed by atoms with Gasteiger partial charge >= 0.3 is 17.9 Å². The molecule has 0 aliphatic carbocycles. The van der Waals surface area contributed by atoms with Gasteiger partial charge in [-0.2, -0.15) is 0 Å². The van der Waals surface area contributed by atoms with Crippen molar-refractivity contribution in [1.29, 1.82) is 0 Å². The number of rotatable bonds is 8. The predicted molar refractivity (Wildman–Crippen MR) is 196 cm³/mol. The van der Waals surface area contributed by atoms with E-state index in [0.29, 0.717) is 16.0 Å². The Labute approximate surface area is 304 Å². The number of nitrogens with zero attached hydrogens (tertiary/aromatic N) is 7. The Bertz CT molecular complexity index is 2510. The smallest absolute Gasteiger partial charge is 0.418 e. The number of hydrogen-bond donors (Lipinski definition) is 1. The van der Waals surface area contributed by atoms with Crippen LogP contribution in [0.15, 0.2) is 64.3 Å². The second kappa shape index (κ2) is 13.9. The number of hydrogen-bond acceptors (Lipinski definition) is 10. The SMILES string of the molecule is COc1ccc(-n2c(=O)c3c(CN(C)C)c(-c4ccc5c(c4)nc(N(C)C(=O)OC(C)(C)C)n5C(=O)O)sc3n(Cc3c(F)cccc3F)c2=O)cn1. The Morgan fingerprint density at radius 3 is 2.28 bits per heavy atom. The van der Waals surface area contributed by atoms with Crippen molar-refractivity contribution in [2.24, 2.45) is 0 Å². The van der Waals surface area contributed by atoms with Crippen LogP contribution in [-0.4, -0.2) is 79.7 Å². The molecule has 1 amide bonds. The van der Waals surface area contributed by atoms with Crippen molar-refractivity contribution in [2.45, 2.75) is 39.5 Å². The molecule has 276 valence electrons. The van der Waals surface area contributed by atoms with Gasteiger partial charge in [0.2, 0.25) is 11.8 Å². The number of benzene rings is 2. The fourth-order valence-corrected chi connectivity index (χ4v) is 7.13. The highest BCUT2D eigenvalue weighted by Gasteiger charge is 2.29. The molecular weight excluding hydrogens is 713 g/mol. The monoisotopic (exact) mass is 747 g/mol. The van der Waals surface area contributed by atoms with Gasteiger partial charge in [0.15, 0.2) is 0 Å². The van der Waals surface area contributed by atoms with E-state index in [-0.39, 0.29) is 50.9 Å². The van der Waals surface area contributed by atoms with Crippen LogP contribution in [0.25, 0.3) is 37.4 Å². The Balaban J connectivity index is 1.63. The molecular formula is C36H35F2N7O7S. The Hall–Kier alpha value is -5.94. The Kier molecular flexibility index (Phi) is 9.65. The summed E-state index contributed by atoms with van der Waals surface area (Å²) in [7, 11) is 6.35. The molecule has 4 aromatic heterocycles. The van der Waals surface area contributed by atoms with E-state index in [1.165, 1.54) is 44.6 Å². The van der Waals surface area contributed by atoms with Crippen LogP contribution in [0.2, 0.25) is 0 Å². The minimum Gasteiger partial charge on any atom is -0.481 e. The number of thiophene rings is 1. The Morgan fingerprint density at radius 2 is 1.70 bits per heavy atom. The maximum Gasteiger partial charge on any atom is 0.418 e. The number of anilines is 1. The zero-order valence-corrected chi connectivity index (χ0v) is 30.6. The number of carbonyl (C=O) groups is 2. The van der Waals surface area contributed by atoms with Gasteiger partial charge in [0.1, 0.15) is 22.1 Å². The quantitative estimate of drug-likeness (QED) is 0.199. The first-order chi connectivity index (χ1) is 25.0. The van der Waals surface area contributed by atoms with Gasteiger partial charge in [-0.3, -0.25) is 9.36 Å². The molecule has 0 radical (unpaired) electrons. The third-order valence-electron chi connectivity index (χ3n) is 8.17. The molecule has 0 spiro atoms. The number of ether oxygens (including phenoxy) is 2. The number of pyridine rings is 1. The van der Waals surface area contributed by atoms with E-state index < -0.39 is 47.2 Å². The van der Waals surface area contributed by atoms with Gasteiger partial charge in [0.25, 0.3) is 5.56 Å². The van der Waals surface area contributed by atoms with Crippen LogP contribution < -0.4 is 20.9 Å². The van der Waals surface area contributed by atoms with E-state index in [1.807, 2.05) is 4.90 Å². The molecule has 4 heterocycles. The lowest BCUT2D eigenvalue weighted by molar-refractivity contribution is 0.0587. The van der Waals surface area contributed by atoms with Crippen molar-refractivity contribution < 1.29 is 33.0 Å². The number of halogens is 2. The lowest BCUT2D eigenvalue weighted by Crippen LogP contribution is -2.39. The zero-order valence-electron chi connectivity index (χ0n) is 29.8. The van der Waals surface area contributed by atoms with Crippen LogP contribution in [0.1, 0.15) is 31.9 Å². The van der Waals surface area contributed by atoms with Crippen LogP contribution in [0.3, 0.4) is 0 Å². The summed E-state index contributed by atoms with van der Waals surface area (Å²) in [6, 6.07) is 11.1. The van der Waals surface area contributed by atoms with Crippen LogP contribution >= 0.6 is 11.3 Å². The molecule has 2 aromatic carbocycles. The molecule has 53 heavy (non-hydrogen) atoms. The van der Waals surface area contributed by atoms with Gasteiger partial charge in [0.05, 0.1) is 42.0 Å². The summed E-state index contributed by atoms with van der Waals surface area (Å²) < 4.78 is 43.6. The molecule has 0 fully saturated rings. The molecule has 0 bridgehead atoms. The van der Waals surface area contributed by atoms with E-state index >= 15 is 8.78 Å². The van der Waals surface area contributed by atoms with Crippen molar-refractivity contribution in [3.63, 3.8) is 0 Å². The third-order valence-corrected chi connectivity index (χ3v) is 9.47. The Morgan fingerprint density at radius 1 is 1.00 bits per heavy atom. The molecule has 0 saturated heterocycles. The van der Waals surface area contributed by atoms with Gasteiger partial charge in [-0.15, -0.1) is 11.3 Å². The second-order valence-electron chi connectivity index (χ2n) is 13.4. The number of imidazole rings is 1. The van der Waals surface area contributed by atoms with Gasteiger partial charge in [-0.25, -0.2) is 47.2 Å². The fraction of sp³-hybridized carbons (Fsp3) is 0.278. The number of amides is 1. The summed E-state index contributed by atoms with van der Waals surface area (Å²) in [5.74, 6) is -1.71. The summed E-state index contributed by atoms with van der Waals surface area (Å²) in [5.41, 5.74) is -1.28. The third kappa shape index (κ3) is 6.87. The first-order valence-electron chi connectivity index (χ1n) is 16.1. The van der Waals surface area contributed by atoms with Gasteiger partial charge in [-0.05, 0) is 76.3 Å². The predicted octanol–water partition coefficient (Wildman–Crippen LogP) is 5.92. The molecule has 0 atom stereocenters. The van der Waals surface area contributed by atoms with Crippen LogP contribution in [-0.2, 0) is 17.8 Å². The highest BCUT2D eigenvalue weighted by Crippen LogP contribution is 2.39. The maximum atomic E-state index is 15.1. The molecule has 0 saturated carbocycles. The van der Waals surface area contributed by atoms with Crippen LogP contribution in [0, 0.1) is 11.6 Å². The van der Waals surface area contributed by atoms with E-state index in [0.717, 1.165) is 42.1 Å². The van der Waals surface area contributed by atoms with Gasteiger partial charge < -0.3 is 19.5 Å². The summed E-state index contributed by atoms with van der Waals surface area (Å²) in [6.07, 6.45) is -0.918. The average molecular weight is 748 g/mol. The minimum atomic E-state index is -1.39. The number of carboxylic acid groups (broad SMARTS) is 1. The largest absolute Gasteiger partial charge is 0.481 e. The standard InChI is InChI=1S/C36H35F2N7O7S/c1-36(2,3)52-35(50)42(6)32-40-25-15-19(11-13-26(25)45(32)34(48)49)29-22(17-41(4)5)28-30(46)44(20-12-14-27(51-7)39-16-20)33(47)43(31(28)53-29)18-21-23(37)9-8-10-24(21)38/h8-16H,17-18H2,1-7H3,(H,48,49). The summed E-state index contributed by atoms with van der Waals surface area (Å²) in [6.45, 7) is 4.69. The van der Waals surface area contributed by atoms with Crippen molar-refractivity contribution in [2.75, 3.05) is 33.2 Å². The number of aromatic nitrogens is 5. The lowest BCUT2D eigenvalue weighted by atomic mass is 10.1. The molecule has 6 rings (SSSR count). The topological polar surface area (TPSA) is 154 Å². The number of methoxy groups -OCH3 is 1. The van der Waals surface area contributed by atoms with E-state index in [4.69, 9.17) is 9.47 Å². The van der Waals surface area contributed by atoms with Crippen molar-refractivity contribution >= 4 is 50.7 Å². The maximum absolute atomic E-state index is 15.1. The number of fused-ring (bicyclic) bond motifs is 2. The van der Waals surface area contributed by atoms with Crippen molar-refractivity contribution in [1.82, 2.24) is 28.6 Å². The molecule has 17 heteroatoms. The lowest BCUT2D eigenvalue weighted by Gasteiger charge is -2.23. The highest BCUT2D eigenvalue weighted by atomic mass is 32.1. The zero-order chi connectivity index (χ0) is 38.5. The summed E-state index contributed by atoms with van der Waals surface area (Å²) in [5, 5.41) is 10.3. The first-order valence-corrected chi connectivity index (χ1v) is 16.9. The molecule has 6 aromatic rings. The average Bonchev–Trinajstić information content (AvgIpc) is 3.65. The van der Waals surface area contributed by atoms with Gasteiger partial charge in [-0.1, -0.05) is 12.1 Å². The molecule has 0 unspecified atom stereocenters.